The zero-order chi connectivity index (χ0) is 33.8. The Labute approximate surface area is 278 Å². The van der Waals surface area contributed by atoms with Gasteiger partial charge in [0.15, 0.2) is 25.2 Å². The summed E-state index contributed by atoms with van der Waals surface area (Å²) >= 11 is 0. The average Bonchev–Trinajstić information content (AvgIpc) is 3.56. The molecule has 0 radical (unpaired) electrons. The summed E-state index contributed by atoms with van der Waals surface area (Å²) in [5.41, 5.74) is 10.1. The van der Waals surface area contributed by atoms with Crippen LogP contribution in [-0.2, 0) is 66.3 Å². The van der Waals surface area contributed by atoms with E-state index in [-0.39, 0.29) is 19.8 Å². The molecule has 0 spiro atoms. The van der Waals surface area contributed by atoms with E-state index < -0.39 is 98.3 Å². The molecule has 5 saturated heterocycles. The SMILES string of the molecule is COC[C@@H]1O[C@@H](O[C@H]2C3CO[C@H](O3)[C@@H](N=[N+]=[N-])C2OC)C(OC)C(OC)[C@@H]1O[C@H]1O[C@H]2COC(c3ccccc3)O[C@H]2C(OC)C1OC. The van der Waals surface area contributed by atoms with Crippen molar-refractivity contribution < 1.29 is 66.3 Å². The molecule has 5 aliphatic heterocycles. The summed E-state index contributed by atoms with van der Waals surface area (Å²) in [5.74, 6) is 0. The van der Waals surface area contributed by atoms with Crippen molar-refractivity contribution in [1.82, 2.24) is 0 Å². The topological polar surface area (TPSA) is 178 Å². The van der Waals surface area contributed by atoms with Crippen LogP contribution in [0.4, 0.5) is 0 Å². The zero-order valence-electron chi connectivity index (χ0n) is 27.8. The Morgan fingerprint density at radius 2 is 1.33 bits per heavy atom. The third-order valence-electron chi connectivity index (χ3n) is 9.45. The highest BCUT2D eigenvalue weighted by Crippen LogP contribution is 2.40. The van der Waals surface area contributed by atoms with Crippen molar-refractivity contribution in [3.63, 3.8) is 0 Å². The number of fused-ring (bicyclic) bond motifs is 3. The molecule has 0 amide bonds. The fraction of sp³-hybridized carbons (Fsp3) is 0.806. The molecular formula is C31H45N3O14. The van der Waals surface area contributed by atoms with Crippen molar-refractivity contribution in [2.24, 2.45) is 5.11 Å². The van der Waals surface area contributed by atoms with Crippen molar-refractivity contribution in [2.75, 3.05) is 62.5 Å². The van der Waals surface area contributed by atoms with Gasteiger partial charge >= 0.3 is 0 Å². The molecule has 17 nitrogen and oxygen atoms in total. The van der Waals surface area contributed by atoms with Crippen LogP contribution in [0.2, 0.25) is 0 Å². The Hall–Kier alpha value is -2.03. The minimum absolute atomic E-state index is 0.112. The molecule has 48 heavy (non-hydrogen) atoms. The number of benzene rings is 1. The van der Waals surface area contributed by atoms with Crippen LogP contribution in [0.15, 0.2) is 35.4 Å². The van der Waals surface area contributed by atoms with E-state index in [9.17, 15) is 5.53 Å². The second-order valence-electron chi connectivity index (χ2n) is 12.0. The van der Waals surface area contributed by atoms with Gasteiger partial charge in [-0.25, -0.2) is 0 Å². The van der Waals surface area contributed by atoms with Crippen LogP contribution >= 0.6 is 0 Å². The summed E-state index contributed by atoms with van der Waals surface area (Å²) in [6.45, 7) is 0.568. The summed E-state index contributed by atoms with van der Waals surface area (Å²) in [7, 11) is 9.28. The fourth-order valence-corrected chi connectivity index (χ4v) is 7.20. The predicted molar refractivity (Wildman–Crippen MR) is 160 cm³/mol. The van der Waals surface area contributed by atoms with E-state index in [0.29, 0.717) is 0 Å². The maximum absolute atomic E-state index is 9.18. The fourth-order valence-electron chi connectivity index (χ4n) is 7.20. The number of nitrogens with zero attached hydrogens (tertiary/aromatic N) is 3. The van der Waals surface area contributed by atoms with E-state index >= 15 is 0 Å². The summed E-state index contributed by atoms with van der Waals surface area (Å²) < 4.78 is 85.4. The van der Waals surface area contributed by atoms with E-state index in [4.69, 9.17) is 66.3 Å². The molecular weight excluding hydrogens is 638 g/mol. The molecule has 5 fully saturated rings. The zero-order valence-corrected chi connectivity index (χ0v) is 27.8. The van der Waals surface area contributed by atoms with Crippen molar-refractivity contribution >= 4 is 0 Å². The van der Waals surface area contributed by atoms with E-state index in [1.54, 1.807) is 28.4 Å². The average molecular weight is 684 g/mol. The Morgan fingerprint density at radius 3 is 2.00 bits per heavy atom. The van der Waals surface area contributed by atoms with E-state index in [1.165, 1.54) is 14.2 Å². The molecule has 7 unspecified atom stereocenters. The summed E-state index contributed by atoms with van der Waals surface area (Å²) in [6, 6.07) is 8.89. The highest BCUT2D eigenvalue weighted by molar-refractivity contribution is 5.17. The summed E-state index contributed by atoms with van der Waals surface area (Å²) in [5, 5.41) is 3.86. The first-order chi connectivity index (χ1) is 23.5. The summed E-state index contributed by atoms with van der Waals surface area (Å²) in [6.07, 6.45) is -10.5. The lowest BCUT2D eigenvalue weighted by molar-refractivity contribution is -0.394. The molecule has 6 rings (SSSR count). The molecule has 0 aliphatic carbocycles. The van der Waals surface area contributed by atoms with Crippen molar-refractivity contribution in [1.29, 1.82) is 0 Å². The third kappa shape index (κ3) is 6.96. The van der Waals surface area contributed by atoms with Gasteiger partial charge in [0.05, 0.1) is 25.9 Å². The van der Waals surface area contributed by atoms with Gasteiger partial charge in [0.1, 0.15) is 67.1 Å². The second kappa shape index (κ2) is 16.3. The molecule has 17 heteroatoms. The lowest BCUT2D eigenvalue weighted by Crippen LogP contribution is -2.67. The Balaban J connectivity index is 1.21. The molecule has 2 bridgehead atoms. The molecule has 16 atom stereocenters. The molecule has 0 aromatic heterocycles. The first kappa shape index (κ1) is 35.8. The van der Waals surface area contributed by atoms with Crippen LogP contribution in [0.5, 0.6) is 0 Å². The minimum atomic E-state index is -0.994. The number of hydrogen-bond acceptors (Lipinski definition) is 15. The van der Waals surface area contributed by atoms with Crippen LogP contribution in [0, 0.1) is 0 Å². The quantitative estimate of drug-likeness (QED) is 0.166. The van der Waals surface area contributed by atoms with E-state index in [2.05, 4.69) is 10.0 Å². The van der Waals surface area contributed by atoms with E-state index in [0.717, 1.165) is 5.56 Å². The van der Waals surface area contributed by atoms with Crippen LogP contribution < -0.4 is 0 Å². The van der Waals surface area contributed by atoms with Crippen LogP contribution in [0.1, 0.15) is 11.9 Å². The van der Waals surface area contributed by atoms with Gasteiger partial charge in [-0.2, -0.15) is 0 Å². The van der Waals surface area contributed by atoms with Gasteiger partial charge in [-0.05, 0) is 5.53 Å². The van der Waals surface area contributed by atoms with Crippen LogP contribution in [0.25, 0.3) is 10.4 Å². The smallest absolute Gasteiger partial charge is 0.187 e. The molecule has 268 valence electrons. The van der Waals surface area contributed by atoms with Crippen molar-refractivity contribution in [3.8, 4) is 0 Å². The van der Waals surface area contributed by atoms with Gasteiger partial charge in [0.25, 0.3) is 0 Å². The normalized spacial score (nSPS) is 44.1. The van der Waals surface area contributed by atoms with Crippen molar-refractivity contribution in [3.05, 3.63) is 46.3 Å². The first-order valence-corrected chi connectivity index (χ1v) is 15.9. The number of rotatable bonds is 13. The standard InChI is InChI=1S/C31H45N3O14/c1-35-12-16-21(48-31-27(40-6)25(38-4)22-18(45-31)13-41-28(46-22)15-10-8-7-9-11-15)24(37-3)26(39-5)30(44-16)47-20-17-14-42-29(43-17)19(33-34-32)23(20)36-2/h7-11,16-31H,12-14H2,1-6H3/t16-,17?,18-,19-,20-,21+,22+,23?,24?,25?,26?,27?,28?,29+,30-,31+/m0/s1. The molecule has 5 heterocycles. The maximum atomic E-state index is 9.18. The first-order valence-electron chi connectivity index (χ1n) is 15.9. The molecule has 1 aromatic rings. The lowest BCUT2D eigenvalue weighted by atomic mass is 9.95. The number of methoxy groups -OCH3 is 6. The lowest BCUT2D eigenvalue weighted by Gasteiger charge is -2.51. The molecule has 0 saturated carbocycles. The molecule has 0 N–H and O–H groups in total. The molecule has 1 aromatic carbocycles. The Bertz CT molecular complexity index is 1210. The van der Waals surface area contributed by atoms with Gasteiger partial charge in [0, 0.05) is 53.1 Å². The minimum Gasteiger partial charge on any atom is -0.382 e. The van der Waals surface area contributed by atoms with Gasteiger partial charge in [-0.1, -0.05) is 35.4 Å². The van der Waals surface area contributed by atoms with Gasteiger partial charge < -0.3 is 66.3 Å². The van der Waals surface area contributed by atoms with Gasteiger partial charge in [-0.3, -0.25) is 0 Å². The molecule has 5 aliphatic rings. The number of azide groups is 1. The number of ether oxygens (including phenoxy) is 14. The largest absolute Gasteiger partial charge is 0.382 e. The summed E-state index contributed by atoms with van der Waals surface area (Å²) in [4.78, 5) is 2.95. The second-order valence-corrected chi connectivity index (χ2v) is 12.0. The Morgan fingerprint density at radius 1 is 0.688 bits per heavy atom. The highest BCUT2D eigenvalue weighted by Gasteiger charge is 2.57. The van der Waals surface area contributed by atoms with Crippen molar-refractivity contribution in [2.45, 2.75) is 98.3 Å². The monoisotopic (exact) mass is 683 g/mol. The third-order valence-corrected chi connectivity index (χ3v) is 9.45. The van der Waals surface area contributed by atoms with E-state index in [1.807, 2.05) is 30.3 Å². The highest BCUT2D eigenvalue weighted by atomic mass is 16.8. The maximum Gasteiger partial charge on any atom is 0.187 e. The van der Waals surface area contributed by atoms with Crippen LogP contribution in [-0.4, -0.2) is 155 Å². The number of hydrogen-bond donors (Lipinski definition) is 0. The van der Waals surface area contributed by atoms with Gasteiger partial charge in [0.2, 0.25) is 0 Å². The predicted octanol–water partition coefficient (Wildman–Crippen LogP) is 1.48. The van der Waals surface area contributed by atoms with Crippen LogP contribution in [0.3, 0.4) is 0 Å². The Kier molecular flexibility index (Phi) is 12.2. The van der Waals surface area contributed by atoms with Gasteiger partial charge in [-0.15, -0.1) is 0 Å².